The molecule has 2 heteroatoms. The minimum Gasteiger partial charge on any atom is -0.496 e. The SMILES string of the molecule is CC1=C(C2(c3ccccc3)C3C=COC32)c2ccccc2C1=O. The number of hydrogen-bond acceptors (Lipinski definition) is 2. The Bertz CT molecular complexity index is 891. The molecule has 0 radical (unpaired) electrons. The number of carbonyl (C=O) groups excluding carboxylic acids is 1. The molecule has 0 saturated heterocycles. The Kier molecular flexibility index (Phi) is 2.37. The minimum absolute atomic E-state index is 0.105. The molecule has 2 aliphatic carbocycles. The molecule has 23 heavy (non-hydrogen) atoms. The monoisotopic (exact) mass is 300 g/mol. The molecule has 3 unspecified atom stereocenters. The van der Waals surface area contributed by atoms with Gasteiger partial charge in [-0.25, -0.2) is 0 Å². The molecule has 0 bridgehead atoms. The lowest BCUT2D eigenvalue weighted by atomic mass is 9.80. The van der Waals surface area contributed by atoms with Gasteiger partial charge in [0.05, 0.1) is 11.7 Å². The average molecular weight is 300 g/mol. The molecular formula is C21H16O2. The zero-order valence-electron chi connectivity index (χ0n) is 12.8. The fourth-order valence-corrected chi connectivity index (χ4v) is 4.51. The van der Waals surface area contributed by atoms with Gasteiger partial charge in [0.2, 0.25) is 0 Å². The highest BCUT2D eigenvalue weighted by molar-refractivity contribution is 6.22. The van der Waals surface area contributed by atoms with Crippen LogP contribution in [-0.4, -0.2) is 11.9 Å². The standard InChI is InChI=1S/C21H16O2/c1-13-18(15-9-5-6-10-16(15)19(13)22)21(14-7-3-2-4-8-14)17-11-12-23-20(17)21/h2-12,17,20H,1H3. The van der Waals surface area contributed by atoms with E-state index < -0.39 is 0 Å². The molecule has 0 N–H and O–H groups in total. The van der Waals surface area contributed by atoms with Gasteiger partial charge in [-0.3, -0.25) is 4.79 Å². The topological polar surface area (TPSA) is 26.3 Å². The summed E-state index contributed by atoms with van der Waals surface area (Å²) in [5.74, 6) is 0.466. The molecule has 0 aromatic heterocycles. The highest BCUT2D eigenvalue weighted by atomic mass is 16.5. The lowest BCUT2D eigenvalue weighted by molar-refractivity contribution is 0.103. The summed E-state index contributed by atoms with van der Waals surface area (Å²) < 4.78 is 5.88. The second-order valence-electron chi connectivity index (χ2n) is 6.52. The second-order valence-corrected chi connectivity index (χ2v) is 6.52. The summed E-state index contributed by atoms with van der Waals surface area (Å²) in [5.41, 5.74) is 4.93. The number of ether oxygens (including phenoxy) is 1. The van der Waals surface area contributed by atoms with Gasteiger partial charge in [0, 0.05) is 17.1 Å². The van der Waals surface area contributed by atoms with Crippen molar-refractivity contribution >= 4 is 11.4 Å². The van der Waals surface area contributed by atoms with Gasteiger partial charge in [0.1, 0.15) is 6.10 Å². The first-order valence-corrected chi connectivity index (χ1v) is 7.99. The highest BCUT2D eigenvalue weighted by Gasteiger charge is 2.71. The van der Waals surface area contributed by atoms with Crippen LogP contribution in [0.4, 0.5) is 0 Å². The van der Waals surface area contributed by atoms with Gasteiger partial charge in [-0.15, -0.1) is 0 Å². The fraction of sp³-hybridized carbons (Fsp3) is 0.190. The van der Waals surface area contributed by atoms with Crippen molar-refractivity contribution in [3.8, 4) is 0 Å². The van der Waals surface area contributed by atoms with Crippen molar-refractivity contribution in [3.05, 3.63) is 89.2 Å². The van der Waals surface area contributed by atoms with Gasteiger partial charge in [0.25, 0.3) is 0 Å². The van der Waals surface area contributed by atoms with Gasteiger partial charge >= 0.3 is 0 Å². The van der Waals surface area contributed by atoms with Gasteiger partial charge in [-0.2, -0.15) is 0 Å². The summed E-state index contributed by atoms with van der Waals surface area (Å²) >= 11 is 0. The number of carbonyl (C=O) groups is 1. The van der Waals surface area contributed by atoms with Crippen LogP contribution in [0.25, 0.3) is 5.57 Å². The smallest absolute Gasteiger partial charge is 0.189 e. The highest BCUT2D eigenvalue weighted by Crippen LogP contribution is 2.68. The first-order chi connectivity index (χ1) is 11.3. The lowest BCUT2D eigenvalue weighted by Gasteiger charge is -2.23. The molecule has 5 rings (SSSR count). The maximum Gasteiger partial charge on any atom is 0.189 e. The summed E-state index contributed by atoms with van der Waals surface area (Å²) in [5, 5.41) is 0. The quantitative estimate of drug-likeness (QED) is 0.833. The molecule has 2 nitrogen and oxygen atoms in total. The van der Waals surface area contributed by atoms with E-state index in [-0.39, 0.29) is 17.3 Å². The van der Waals surface area contributed by atoms with E-state index in [1.54, 1.807) is 6.26 Å². The van der Waals surface area contributed by atoms with E-state index in [0.717, 1.165) is 22.3 Å². The van der Waals surface area contributed by atoms with Crippen molar-refractivity contribution in [2.45, 2.75) is 18.4 Å². The number of hydrogen-bond donors (Lipinski definition) is 0. The lowest BCUT2D eigenvalue weighted by Crippen LogP contribution is -2.18. The Morgan fingerprint density at radius 2 is 1.65 bits per heavy atom. The van der Waals surface area contributed by atoms with Crippen LogP contribution in [0.2, 0.25) is 0 Å². The molecule has 0 amide bonds. The predicted molar refractivity (Wildman–Crippen MR) is 89.0 cm³/mol. The van der Waals surface area contributed by atoms with Gasteiger partial charge < -0.3 is 4.74 Å². The van der Waals surface area contributed by atoms with Crippen LogP contribution < -0.4 is 0 Å². The van der Waals surface area contributed by atoms with Crippen LogP contribution in [0.3, 0.4) is 0 Å². The number of Topliss-reactive ketones (excluding diaryl/α,β-unsaturated/α-hetero) is 1. The third-order valence-electron chi connectivity index (χ3n) is 5.52. The van der Waals surface area contributed by atoms with E-state index in [1.807, 2.05) is 31.2 Å². The van der Waals surface area contributed by atoms with Crippen molar-refractivity contribution in [2.75, 3.05) is 0 Å². The Morgan fingerprint density at radius 1 is 0.957 bits per heavy atom. The predicted octanol–water partition coefficient (Wildman–Crippen LogP) is 4.14. The fourth-order valence-electron chi connectivity index (χ4n) is 4.51. The second kappa shape index (κ2) is 4.23. The van der Waals surface area contributed by atoms with Gasteiger partial charge in [-0.05, 0) is 29.7 Å². The van der Waals surface area contributed by atoms with Crippen LogP contribution in [0.1, 0.15) is 28.4 Å². The maximum atomic E-state index is 12.7. The van der Waals surface area contributed by atoms with E-state index in [2.05, 4.69) is 36.4 Å². The van der Waals surface area contributed by atoms with Crippen molar-refractivity contribution in [2.24, 2.45) is 5.92 Å². The summed E-state index contributed by atoms with van der Waals surface area (Å²) in [6.45, 7) is 1.96. The van der Waals surface area contributed by atoms with Gasteiger partial charge in [-0.1, -0.05) is 54.6 Å². The summed E-state index contributed by atoms with van der Waals surface area (Å²) in [4.78, 5) is 12.7. The van der Waals surface area contributed by atoms with E-state index in [9.17, 15) is 4.79 Å². The zero-order valence-corrected chi connectivity index (χ0v) is 12.8. The molecular weight excluding hydrogens is 284 g/mol. The van der Waals surface area contributed by atoms with E-state index in [1.165, 1.54) is 5.56 Å². The molecule has 2 aromatic carbocycles. The van der Waals surface area contributed by atoms with Crippen LogP contribution in [-0.2, 0) is 10.2 Å². The molecule has 1 saturated carbocycles. The first-order valence-electron chi connectivity index (χ1n) is 7.99. The Labute approximate surface area is 135 Å². The third-order valence-corrected chi connectivity index (χ3v) is 5.52. The van der Waals surface area contributed by atoms with E-state index in [4.69, 9.17) is 4.74 Å². The number of ketones is 1. The van der Waals surface area contributed by atoms with Gasteiger partial charge in [0.15, 0.2) is 5.78 Å². The minimum atomic E-state index is -0.220. The molecule has 1 heterocycles. The van der Waals surface area contributed by atoms with Crippen molar-refractivity contribution < 1.29 is 9.53 Å². The Morgan fingerprint density at radius 3 is 2.35 bits per heavy atom. The summed E-state index contributed by atoms with van der Waals surface area (Å²) in [6.07, 6.45) is 4.05. The van der Waals surface area contributed by atoms with Crippen molar-refractivity contribution in [3.63, 3.8) is 0 Å². The Balaban J connectivity index is 1.79. The number of allylic oxidation sites excluding steroid dienone is 1. The van der Waals surface area contributed by atoms with E-state index >= 15 is 0 Å². The molecule has 0 spiro atoms. The van der Waals surface area contributed by atoms with Crippen LogP contribution in [0, 0.1) is 5.92 Å². The van der Waals surface area contributed by atoms with Crippen molar-refractivity contribution in [1.29, 1.82) is 0 Å². The maximum absolute atomic E-state index is 12.7. The van der Waals surface area contributed by atoms with Crippen LogP contribution in [0.5, 0.6) is 0 Å². The number of fused-ring (bicyclic) bond motifs is 2. The Hall–Kier alpha value is -2.61. The third kappa shape index (κ3) is 1.41. The molecule has 2 aromatic rings. The van der Waals surface area contributed by atoms with Crippen molar-refractivity contribution in [1.82, 2.24) is 0 Å². The average Bonchev–Trinajstić information content (AvgIpc) is 2.90. The molecule has 1 fully saturated rings. The van der Waals surface area contributed by atoms with Crippen LogP contribution >= 0.6 is 0 Å². The molecule has 1 aliphatic heterocycles. The molecule has 112 valence electrons. The largest absolute Gasteiger partial charge is 0.496 e. The number of benzene rings is 2. The number of rotatable bonds is 2. The zero-order chi connectivity index (χ0) is 15.6. The molecule has 3 aliphatic rings. The summed E-state index contributed by atoms with van der Waals surface area (Å²) in [6, 6.07) is 18.4. The van der Waals surface area contributed by atoms with Crippen LogP contribution in [0.15, 0.2) is 72.5 Å². The molecule has 3 atom stereocenters. The first kappa shape index (κ1) is 12.9. The normalized spacial score (nSPS) is 30.2. The van der Waals surface area contributed by atoms with E-state index in [0.29, 0.717) is 5.92 Å². The summed E-state index contributed by atoms with van der Waals surface area (Å²) in [7, 11) is 0.